The zero-order chi connectivity index (χ0) is 16.2. The third-order valence-corrected chi connectivity index (χ3v) is 4.43. The first kappa shape index (κ1) is 15.4. The number of thiazole rings is 1. The van der Waals surface area contributed by atoms with Crippen molar-refractivity contribution in [2.45, 2.75) is 19.8 Å². The first-order valence-electron chi connectivity index (χ1n) is 7.43. The molecular weight excluding hydrogens is 310 g/mol. The van der Waals surface area contributed by atoms with Gasteiger partial charge in [0, 0.05) is 30.1 Å². The summed E-state index contributed by atoms with van der Waals surface area (Å²) in [5.41, 5.74) is 2.71. The summed E-state index contributed by atoms with van der Waals surface area (Å²) in [6, 6.07) is 7.62. The molecule has 0 bridgehead atoms. The molecule has 0 atom stereocenters. The van der Waals surface area contributed by atoms with Gasteiger partial charge >= 0.3 is 0 Å². The summed E-state index contributed by atoms with van der Waals surface area (Å²) in [5, 5.41) is 5.21. The van der Waals surface area contributed by atoms with Crippen LogP contribution in [-0.4, -0.2) is 23.3 Å². The van der Waals surface area contributed by atoms with Crippen LogP contribution in [0.15, 0.2) is 35.7 Å². The van der Waals surface area contributed by atoms with E-state index in [1.807, 2.05) is 36.6 Å². The molecule has 3 rings (SSSR count). The number of carbonyl (C=O) groups excluding carboxylic acids is 2. The number of benzene rings is 1. The Kier molecular flexibility index (Phi) is 4.52. The minimum absolute atomic E-state index is 0.173. The number of aromatic nitrogens is 1. The van der Waals surface area contributed by atoms with Crippen LogP contribution in [0.25, 0.3) is 6.08 Å². The summed E-state index contributed by atoms with van der Waals surface area (Å²) in [4.78, 5) is 29.5. The molecule has 1 aromatic heterocycles. The number of carbonyl (C=O) groups is 2. The smallest absolute Gasteiger partial charge is 0.250 e. The summed E-state index contributed by atoms with van der Waals surface area (Å²) < 4.78 is 0. The molecule has 1 aliphatic heterocycles. The van der Waals surface area contributed by atoms with E-state index in [1.165, 1.54) is 17.4 Å². The summed E-state index contributed by atoms with van der Waals surface area (Å²) >= 11 is 1.40. The van der Waals surface area contributed by atoms with Crippen molar-refractivity contribution >= 4 is 40.0 Å². The first-order chi connectivity index (χ1) is 11.1. The minimum atomic E-state index is -0.210. The van der Waals surface area contributed by atoms with Crippen LogP contribution < -0.4 is 10.2 Å². The lowest BCUT2D eigenvalue weighted by Gasteiger charge is -2.15. The number of hydrogen-bond acceptors (Lipinski definition) is 4. The van der Waals surface area contributed by atoms with Crippen molar-refractivity contribution in [2.75, 3.05) is 16.8 Å². The molecule has 0 radical (unpaired) electrons. The lowest BCUT2D eigenvalue weighted by atomic mass is 10.2. The van der Waals surface area contributed by atoms with Gasteiger partial charge in [-0.2, -0.15) is 0 Å². The SMILES string of the molecule is Cc1csc(NC(=O)C=Cc2ccc(N3CCCC3=O)cc2)n1. The van der Waals surface area contributed by atoms with E-state index < -0.39 is 0 Å². The molecule has 0 aliphatic carbocycles. The molecular formula is C17H17N3O2S. The molecule has 0 saturated carbocycles. The maximum atomic E-state index is 11.8. The fourth-order valence-electron chi connectivity index (χ4n) is 2.42. The second kappa shape index (κ2) is 6.75. The van der Waals surface area contributed by atoms with Crippen molar-refractivity contribution in [3.63, 3.8) is 0 Å². The first-order valence-corrected chi connectivity index (χ1v) is 8.31. The minimum Gasteiger partial charge on any atom is -0.312 e. The topological polar surface area (TPSA) is 62.3 Å². The van der Waals surface area contributed by atoms with E-state index in [0.29, 0.717) is 11.6 Å². The molecule has 0 spiro atoms. The number of aryl methyl sites for hydroxylation is 1. The van der Waals surface area contributed by atoms with Crippen LogP contribution in [0.5, 0.6) is 0 Å². The Labute approximate surface area is 138 Å². The molecule has 23 heavy (non-hydrogen) atoms. The molecule has 118 valence electrons. The zero-order valence-corrected chi connectivity index (χ0v) is 13.6. The van der Waals surface area contributed by atoms with Gasteiger partial charge in [-0.15, -0.1) is 11.3 Å². The molecule has 1 saturated heterocycles. The molecule has 1 fully saturated rings. The highest BCUT2D eigenvalue weighted by molar-refractivity contribution is 7.13. The summed E-state index contributed by atoms with van der Waals surface area (Å²) in [5.74, 6) is -0.0374. The zero-order valence-electron chi connectivity index (χ0n) is 12.8. The van der Waals surface area contributed by atoms with Crippen molar-refractivity contribution in [1.82, 2.24) is 4.98 Å². The molecule has 6 heteroatoms. The van der Waals surface area contributed by atoms with Crippen molar-refractivity contribution in [3.05, 3.63) is 47.0 Å². The Morgan fingerprint density at radius 3 is 2.74 bits per heavy atom. The number of nitrogens with zero attached hydrogens (tertiary/aromatic N) is 2. The fraction of sp³-hybridized carbons (Fsp3) is 0.235. The summed E-state index contributed by atoms with van der Waals surface area (Å²) in [6.07, 6.45) is 4.76. The van der Waals surface area contributed by atoms with Gasteiger partial charge in [-0.3, -0.25) is 14.9 Å². The van der Waals surface area contributed by atoms with Crippen LogP contribution in [-0.2, 0) is 9.59 Å². The van der Waals surface area contributed by atoms with Gasteiger partial charge in [-0.1, -0.05) is 12.1 Å². The predicted octanol–water partition coefficient (Wildman–Crippen LogP) is 3.23. The van der Waals surface area contributed by atoms with Gasteiger partial charge in [-0.05, 0) is 37.1 Å². The maximum Gasteiger partial charge on any atom is 0.250 e. The normalized spacial score (nSPS) is 14.7. The molecule has 2 aromatic rings. The Balaban J connectivity index is 1.61. The van der Waals surface area contributed by atoms with Gasteiger partial charge < -0.3 is 4.90 Å². The Morgan fingerprint density at radius 1 is 1.35 bits per heavy atom. The Morgan fingerprint density at radius 2 is 2.13 bits per heavy atom. The lowest BCUT2D eigenvalue weighted by Crippen LogP contribution is -2.23. The number of anilines is 2. The molecule has 0 unspecified atom stereocenters. The van der Waals surface area contributed by atoms with Crippen LogP contribution in [0.4, 0.5) is 10.8 Å². The summed E-state index contributed by atoms with van der Waals surface area (Å²) in [7, 11) is 0. The monoisotopic (exact) mass is 327 g/mol. The average Bonchev–Trinajstić information content (AvgIpc) is 3.14. The van der Waals surface area contributed by atoms with Gasteiger partial charge in [0.05, 0.1) is 5.69 Å². The third-order valence-electron chi connectivity index (χ3n) is 3.55. The number of rotatable bonds is 4. The van der Waals surface area contributed by atoms with E-state index >= 15 is 0 Å². The molecule has 1 N–H and O–H groups in total. The van der Waals surface area contributed by atoms with E-state index in [4.69, 9.17) is 0 Å². The molecule has 1 aromatic carbocycles. The quantitative estimate of drug-likeness (QED) is 0.877. The molecule has 1 aliphatic rings. The van der Waals surface area contributed by atoms with Crippen LogP contribution in [0.2, 0.25) is 0 Å². The summed E-state index contributed by atoms with van der Waals surface area (Å²) in [6.45, 7) is 2.66. The van der Waals surface area contributed by atoms with Gasteiger partial charge in [0.1, 0.15) is 0 Å². The molecule has 2 heterocycles. The van der Waals surface area contributed by atoms with Crippen LogP contribution >= 0.6 is 11.3 Å². The van der Waals surface area contributed by atoms with Gasteiger partial charge in [0.2, 0.25) is 11.8 Å². The van der Waals surface area contributed by atoms with E-state index in [-0.39, 0.29) is 11.8 Å². The van der Waals surface area contributed by atoms with Gasteiger partial charge in [0.15, 0.2) is 5.13 Å². The molecule has 2 amide bonds. The van der Waals surface area contributed by atoms with Crippen molar-refractivity contribution in [3.8, 4) is 0 Å². The maximum absolute atomic E-state index is 11.8. The largest absolute Gasteiger partial charge is 0.312 e. The highest BCUT2D eigenvalue weighted by Crippen LogP contribution is 2.22. The number of amides is 2. The van der Waals surface area contributed by atoms with Crippen molar-refractivity contribution in [1.29, 1.82) is 0 Å². The predicted molar refractivity (Wildman–Crippen MR) is 92.5 cm³/mol. The lowest BCUT2D eigenvalue weighted by molar-refractivity contribution is -0.117. The molecule has 5 nitrogen and oxygen atoms in total. The fourth-order valence-corrected chi connectivity index (χ4v) is 3.11. The highest BCUT2D eigenvalue weighted by Gasteiger charge is 2.21. The standard InChI is InChI=1S/C17H17N3O2S/c1-12-11-23-17(18-12)19-15(21)9-6-13-4-7-14(8-5-13)20-10-2-3-16(20)22/h4-9,11H,2-3,10H2,1H3,(H,18,19,21). The second-order valence-electron chi connectivity index (χ2n) is 5.36. The van der Waals surface area contributed by atoms with E-state index in [2.05, 4.69) is 10.3 Å². The number of nitrogens with one attached hydrogen (secondary N) is 1. The number of hydrogen-bond donors (Lipinski definition) is 1. The van der Waals surface area contributed by atoms with Crippen LogP contribution in [0, 0.1) is 6.92 Å². The van der Waals surface area contributed by atoms with E-state index in [9.17, 15) is 9.59 Å². The average molecular weight is 327 g/mol. The van der Waals surface area contributed by atoms with Crippen molar-refractivity contribution in [2.24, 2.45) is 0 Å². The van der Waals surface area contributed by atoms with E-state index in [1.54, 1.807) is 11.0 Å². The highest BCUT2D eigenvalue weighted by atomic mass is 32.1. The van der Waals surface area contributed by atoms with Gasteiger partial charge in [-0.25, -0.2) is 4.98 Å². The van der Waals surface area contributed by atoms with E-state index in [0.717, 1.165) is 29.9 Å². The Hall–Kier alpha value is -2.47. The van der Waals surface area contributed by atoms with Crippen LogP contribution in [0.3, 0.4) is 0 Å². The Bertz CT molecular complexity index is 749. The second-order valence-corrected chi connectivity index (χ2v) is 6.22. The third kappa shape index (κ3) is 3.84. The van der Waals surface area contributed by atoms with Crippen LogP contribution in [0.1, 0.15) is 24.1 Å². The van der Waals surface area contributed by atoms with Gasteiger partial charge in [0.25, 0.3) is 0 Å². The van der Waals surface area contributed by atoms with Crippen molar-refractivity contribution < 1.29 is 9.59 Å².